The molecule has 1 aromatic heterocycles. The van der Waals surface area contributed by atoms with Crippen molar-refractivity contribution in [2.45, 2.75) is 19.0 Å². The van der Waals surface area contributed by atoms with Gasteiger partial charge in [-0.2, -0.15) is 0 Å². The van der Waals surface area contributed by atoms with E-state index in [9.17, 15) is 9.59 Å². The van der Waals surface area contributed by atoms with Crippen molar-refractivity contribution in [3.8, 4) is 0 Å². The molecule has 1 saturated heterocycles. The van der Waals surface area contributed by atoms with E-state index in [-0.39, 0.29) is 12.5 Å². The van der Waals surface area contributed by atoms with E-state index < -0.39 is 11.6 Å². The van der Waals surface area contributed by atoms with Gasteiger partial charge in [0.05, 0.1) is 11.6 Å². The van der Waals surface area contributed by atoms with Gasteiger partial charge in [0.25, 0.3) is 5.91 Å². The van der Waals surface area contributed by atoms with Crippen LogP contribution in [0.1, 0.15) is 17.4 Å². The normalized spacial score (nSPS) is 20.3. The monoisotopic (exact) mass is 370 g/mol. The third kappa shape index (κ3) is 2.51. The van der Waals surface area contributed by atoms with E-state index >= 15 is 0 Å². The van der Waals surface area contributed by atoms with Gasteiger partial charge in [0, 0.05) is 15.0 Å². The Balaban J connectivity index is 1.68. The van der Waals surface area contributed by atoms with E-state index in [0.29, 0.717) is 5.02 Å². The number of benzene rings is 2. The molecule has 4 nitrogen and oxygen atoms in total. The third-order valence-electron chi connectivity index (χ3n) is 4.53. The van der Waals surface area contributed by atoms with E-state index in [1.54, 1.807) is 6.92 Å². The molecule has 0 bridgehead atoms. The van der Waals surface area contributed by atoms with Crippen LogP contribution in [0, 0.1) is 0 Å². The number of halogens is 1. The zero-order chi connectivity index (χ0) is 17.6. The second-order valence-corrected chi connectivity index (χ2v) is 7.66. The number of urea groups is 1. The van der Waals surface area contributed by atoms with Crippen molar-refractivity contribution in [3.05, 3.63) is 70.1 Å². The molecule has 1 fully saturated rings. The molecule has 4 rings (SSSR count). The molecule has 0 aliphatic carbocycles. The Morgan fingerprint density at radius 3 is 2.48 bits per heavy atom. The molecule has 1 unspecified atom stereocenters. The number of hydrogen-bond acceptors (Lipinski definition) is 3. The van der Waals surface area contributed by atoms with Gasteiger partial charge in [-0.15, -0.1) is 11.3 Å². The van der Waals surface area contributed by atoms with Crippen molar-refractivity contribution < 1.29 is 9.59 Å². The summed E-state index contributed by atoms with van der Waals surface area (Å²) < 4.78 is 1.04. The molecule has 2 heterocycles. The first-order chi connectivity index (χ1) is 12.0. The Bertz CT molecular complexity index is 986. The molecule has 1 aliphatic rings. The number of carbonyl (C=O) groups excluding carboxylic acids is 2. The van der Waals surface area contributed by atoms with Crippen LogP contribution in [0.4, 0.5) is 4.79 Å². The lowest BCUT2D eigenvalue weighted by molar-refractivity contribution is -0.131. The van der Waals surface area contributed by atoms with Crippen molar-refractivity contribution in [2.24, 2.45) is 0 Å². The van der Waals surface area contributed by atoms with E-state index in [2.05, 4.69) is 5.32 Å². The van der Waals surface area contributed by atoms with Crippen molar-refractivity contribution in [3.63, 3.8) is 0 Å². The van der Waals surface area contributed by atoms with Crippen molar-refractivity contribution in [1.82, 2.24) is 10.2 Å². The lowest BCUT2D eigenvalue weighted by Crippen LogP contribution is -2.40. The molecular formula is C19H15ClN2O2S. The maximum absolute atomic E-state index is 13.0. The summed E-state index contributed by atoms with van der Waals surface area (Å²) in [6, 6.07) is 16.7. The Labute approximate surface area is 154 Å². The van der Waals surface area contributed by atoms with Gasteiger partial charge in [-0.3, -0.25) is 9.69 Å². The van der Waals surface area contributed by atoms with Gasteiger partial charge in [-0.1, -0.05) is 60.1 Å². The maximum Gasteiger partial charge on any atom is 0.325 e. The zero-order valence-corrected chi connectivity index (χ0v) is 15.0. The fraction of sp³-hybridized carbons (Fsp3) is 0.158. The number of rotatable bonds is 3. The molecule has 2 aromatic carbocycles. The van der Waals surface area contributed by atoms with Crippen LogP contribution in [-0.2, 0) is 16.9 Å². The minimum Gasteiger partial charge on any atom is -0.319 e. The molecule has 1 N–H and O–H groups in total. The van der Waals surface area contributed by atoms with Crippen LogP contribution in [0.2, 0.25) is 5.02 Å². The molecule has 25 heavy (non-hydrogen) atoms. The summed E-state index contributed by atoms with van der Waals surface area (Å²) in [7, 11) is 0. The topological polar surface area (TPSA) is 49.4 Å². The first-order valence-corrected chi connectivity index (χ1v) is 9.05. The molecule has 0 spiro atoms. The number of nitrogens with one attached hydrogen (secondary N) is 1. The predicted molar refractivity (Wildman–Crippen MR) is 99.7 cm³/mol. The van der Waals surface area contributed by atoms with E-state index in [4.69, 9.17) is 11.6 Å². The van der Waals surface area contributed by atoms with Gasteiger partial charge in [-0.25, -0.2) is 4.79 Å². The average Bonchev–Trinajstić information content (AvgIpc) is 3.06. The van der Waals surface area contributed by atoms with Crippen molar-refractivity contribution in [2.75, 3.05) is 0 Å². The van der Waals surface area contributed by atoms with Crippen molar-refractivity contribution in [1.29, 1.82) is 0 Å². The summed E-state index contributed by atoms with van der Waals surface area (Å²) in [4.78, 5) is 27.5. The first-order valence-electron chi connectivity index (χ1n) is 7.86. The summed E-state index contributed by atoms with van der Waals surface area (Å²) in [6.07, 6.45) is 0. The number of amides is 3. The molecule has 0 radical (unpaired) electrons. The fourth-order valence-corrected chi connectivity index (χ4v) is 4.60. The smallest absolute Gasteiger partial charge is 0.319 e. The van der Waals surface area contributed by atoms with Gasteiger partial charge < -0.3 is 5.32 Å². The molecule has 1 aliphatic heterocycles. The van der Waals surface area contributed by atoms with Gasteiger partial charge >= 0.3 is 6.03 Å². The van der Waals surface area contributed by atoms with Crippen LogP contribution in [0.15, 0.2) is 54.6 Å². The summed E-state index contributed by atoms with van der Waals surface area (Å²) >= 11 is 7.96. The molecular weight excluding hydrogens is 356 g/mol. The first kappa shape index (κ1) is 16.1. The molecule has 3 amide bonds. The quantitative estimate of drug-likeness (QED) is 0.689. The number of nitrogens with zero attached hydrogens (tertiary/aromatic N) is 1. The van der Waals surface area contributed by atoms with Gasteiger partial charge in [0.15, 0.2) is 0 Å². The summed E-state index contributed by atoms with van der Waals surface area (Å²) in [5, 5.41) is 4.37. The molecule has 3 aromatic rings. The number of thiophene rings is 1. The lowest BCUT2D eigenvalue weighted by Gasteiger charge is -2.22. The number of carbonyl (C=O) groups is 2. The Morgan fingerprint density at radius 2 is 1.76 bits per heavy atom. The van der Waals surface area contributed by atoms with Crippen LogP contribution in [0.3, 0.4) is 0 Å². The second kappa shape index (κ2) is 5.86. The van der Waals surface area contributed by atoms with Crippen molar-refractivity contribution >= 4 is 45.0 Å². The SMILES string of the molecule is CC1(c2ccccc2)NC(=O)N(Cc2sc3ccccc3c2Cl)C1=O. The molecule has 0 saturated carbocycles. The van der Waals surface area contributed by atoms with Gasteiger partial charge in [0.2, 0.25) is 0 Å². The number of fused-ring (bicyclic) bond motifs is 1. The highest BCUT2D eigenvalue weighted by Gasteiger charge is 2.49. The minimum absolute atomic E-state index is 0.172. The molecule has 1 atom stereocenters. The Hall–Kier alpha value is -2.37. The number of imide groups is 1. The van der Waals surface area contributed by atoms with E-state index in [1.165, 1.54) is 16.2 Å². The maximum atomic E-state index is 13.0. The Morgan fingerprint density at radius 1 is 1.08 bits per heavy atom. The van der Waals surface area contributed by atoms with Gasteiger partial charge in [0.1, 0.15) is 5.54 Å². The Kier molecular flexibility index (Phi) is 3.78. The van der Waals surface area contributed by atoms with Crippen LogP contribution >= 0.6 is 22.9 Å². The highest BCUT2D eigenvalue weighted by atomic mass is 35.5. The average molecular weight is 371 g/mol. The standard InChI is InChI=1S/C19H15ClN2O2S/c1-19(12-7-3-2-4-8-12)17(23)22(18(24)21-19)11-15-16(20)13-9-5-6-10-14(13)25-15/h2-10H,11H2,1H3,(H,21,24). The van der Waals surface area contributed by atoms with Crippen LogP contribution in [0.25, 0.3) is 10.1 Å². The molecule has 6 heteroatoms. The van der Waals surface area contributed by atoms with Gasteiger partial charge in [-0.05, 0) is 18.6 Å². The highest BCUT2D eigenvalue weighted by Crippen LogP contribution is 2.37. The summed E-state index contributed by atoms with van der Waals surface area (Å²) in [6.45, 7) is 1.90. The summed E-state index contributed by atoms with van der Waals surface area (Å²) in [5.41, 5.74) is -0.292. The molecule has 126 valence electrons. The minimum atomic E-state index is -1.05. The predicted octanol–water partition coefficient (Wildman–Crippen LogP) is 4.52. The number of hydrogen-bond donors (Lipinski definition) is 1. The largest absolute Gasteiger partial charge is 0.325 e. The third-order valence-corrected chi connectivity index (χ3v) is 6.23. The second-order valence-electron chi connectivity index (χ2n) is 6.15. The summed E-state index contributed by atoms with van der Waals surface area (Å²) in [5.74, 6) is -0.266. The van der Waals surface area contributed by atoms with Crippen LogP contribution in [0.5, 0.6) is 0 Å². The zero-order valence-electron chi connectivity index (χ0n) is 13.5. The van der Waals surface area contributed by atoms with E-state index in [0.717, 1.165) is 20.5 Å². The van der Waals surface area contributed by atoms with Crippen LogP contribution in [-0.4, -0.2) is 16.8 Å². The lowest BCUT2D eigenvalue weighted by atomic mass is 9.92. The highest BCUT2D eigenvalue weighted by molar-refractivity contribution is 7.19. The fourth-order valence-electron chi connectivity index (χ4n) is 3.12. The van der Waals surface area contributed by atoms with Crippen LogP contribution < -0.4 is 5.32 Å². The van der Waals surface area contributed by atoms with E-state index in [1.807, 2.05) is 54.6 Å².